The Bertz CT molecular complexity index is 1200. The fourth-order valence-electron chi connectivity index (χ4n) is 4.27. The van der Waals surface area contributed by atoms with Gasteiger partial charge in [0.25, 0.3) is 5.91 Å². The second kappa shape index (κ2) is 14.7. The van der Waals surface area contributed by atoms with Crippen LogP contribution in [0.4, 0.5) is 4.39 Å². The van der Waals surface area contributed by atoms with E-state index in [1.54, 1.807) is 17.0 Å². The number of hydrogen-bond donors (Lipinski definition) is 0. The van der Waals surface area contributed by atoms with Crippen molar-refractivity contribution in [2.75, 3.05) is 32.8 Å². The number of rotatable bonds is 14. The Labute approximate surface area is 229 Å². The number of halogens is 2. The number of aromatic nitrogens is 1. The molecule has 2 aromatic carbocycles. The van der Waals surface area contributed by atoms with Crippen molar-refractivity contribution in [1.29, 1.82) is 0 Å². The SMILES string of the molecule is CCOCCCN(CC(=O)N(Cc1cccn1Cc1ccccc1Cl)CC(C)C)C(=O)c1ccccc1F. The maximum absolute atomic E-state index is 14.4. The smallest absolute Gasteiger partial charge is 0.257 e. The summed E-state index contributed by atoms with van der Waals surface area (Å²) in [6, 6.07) is 17.5. The zero-order chi connectivity index (χ0) is 27.5. The van der Waals surface area contributed by atoms with Gasteiger partial charge in [0.15, 0.2) is 0 Å². The lowest BCUT2D eigenvalue weighted by atomic mass is 10.1. The summed E-state index contributed by atoms with van der Waals surface area (Å²) in [7, 11) is 0. The van der Waals surface area contributed by atoms with Gasteiger partial charge in [-0.05, 0) is 55.2 Å². The average Bonchev–Trinajstić information content (AvgIpc) is 3.32. The molecule has 3 aromatic rings. The van der Waals surface area contributed by atoms with Gasteiger partial charge in [-0.15, -0.1) is 0 Å². The molecule has 0 radical (unpaired) electrons. The molecule has 3 rings (SSSR count). The van der Waals surface area contributed by atoms with Crippen LogP contribution in [0.25, 0.3) is 0 Å². The zero-order valence-corrected chi connectivity index (χ0v) is 23.2. The molecule has 38 heavy (non-hydrogen) atoms. The number of amides is 2. The molecule has 0 spiro atoms. The van der Waals surface area contributed by atoms with Crippen LogP contribution in [0.3, 0.4) is 0 Å². The molecule has 1 heterocycles. The van der Waals surface area contributed by atoms with Crippen LogP contribution in [0.2, 0.25) is 5.02 Å². The minimum atomic E-state index is -0.601. The first-order chi connectivity index (χ1) is 18.3. The summed E-state index contributed by atoms with van der Waals surface area (Å²) in [6.45, 7) is 8.66. The van der Waals surface area contributed by atoms with Crippen LogP contribution in [0.15, 0.2) is 66.9 Å². The number of benzene rings is 2. The highest BCUT2D eigenvalue weighted by Gasteiger charge is 2.25. The first kappa shape index (κ1) is 29.4. The lowest BCUT2D eigenvalue weighted by molar-refractivity contribution is -0.133. The van der Waals surface area contributed by atoms with Crippen LogP contribution >= 0.6 is 11.6 Å². The molecule has 0 fully saturated rings. The molecule has 204 valence electrons. The van der Waals surface area contributed by atoms with Crippen LogP contribution < -0.4 is 0 Å². The molecule has 0 unspecified atom stereocenters. The van der Waals surface area contributed by atoms with E-state index >= 15 is 0 Å². The fraction of sp³-hybridized carbons (Fsp3) is 0.400. The Morgan fingerprint density at radius 2 is 1.76 bits per heavy atom. The maximum atomic E-state index is 14.4. The van der Waals surface area contributed by atoms with Crippen LogP contribution in [0.1, 0.15) is 48.8 Å². The van der Waals surface area contributed by atoms with E-state index in [9.17, 15) is 14.0 Å². The molecule has 0 bridgehead atoms. The van der Waals surface area contributed by atoms with Crippen LogP contribution in [0, 0.1) is 11.7 Å². The van der Waals surface area contributed by atoms with E-state index in [-0.39, 0.29) is 30.5 Å². The average molecular weight is 542 g/mol. The van der Waals surface area contributed by atoms with Crippen LogP contribution in [-0.4, -0.2) is 59.0 Å². The number of carbonyl (C=O) groups is 2. The lowest BCUT2D eigenvalue weighted by Gasteiger charge is -2.29. The van der Waals surface area contributed by atoms with Gasteiger partial charge in [-0.2, -0.15) is 0 Å². The lowest BCUT2D eigenvalue weighted by Crippen LogP contribution is -2.44. The third-order valence-electron chi connectivity index (χ3n) is 6.15. The number of carbonyl (C=O) groups excluding carboxylic acids is 2. The van der Waals surface area contributed by atoms with Crippen molar-refractivity contribution in [3.63, 3.8) is 0 Å². The summed E-state index contributed by atoms with van der Waals surface area (Å²) in [6.07, 6.45) is 2.52. The van der Waals surface area contributed by atoms with Crippen molar-refractivity contribution < 1.29 is 18.7 Å². The third kappa shape index (κ3) is 8.43. The summed E-state index contributed by atoms with van der Waals surface area (Å²) < 4.78 is 21.9. The van der Waals surface area contributed by atoms with E-state index in [1.807, 2.05) is 63.4 Å². The molecule has 0 aliphatic heterocycles. The van der Waals surface area contributed by atoms with Crippen molar-refractivity contribution in [2.24, 2.45) is 5.92 Å². The summed E-state index contributed by atoms with van der Waals surface area (Å²) in [5.41, 5.74) is 1.91. The maximum Gasteiger partial charge on any atom is 0.257 e. The predicted octanol–water partition coefficient (Wildman–Crippen LogP) is 5.88. The van der Waals surface area contributed by atoms with Gasteiger partial charge in [-0.1, -0.05) is 55.8 Å². The van der Waals surface area contributed by atoms with Crippen molar-refractivity contribution >= 4 is 23.4 Å². The summed E-state index contributed by atoms with van der Waals surface area (Å²) in [4.78, 5) is 30.1. The fourth-order valence-corrected chi connectivity index (χ4v) is 4.47. The minimum Gasteiger partial charge on any atom is -0.382 e. The molecule has 0 saturated carbocycles. The predicted molar refractivity (Wildman–Crippen MR) is 149 cm³/mol. The van der Waals surface area contributed by atoms with Crippen molar-refractivity contribution in [2.45, 2.75) is 40.3 Å². The number of hydrogen-bond acceptors (Lipinski definition) is 3. The largest absolute Gasteiger partial charge is 0.382 e. The van der Waals surface area contributed by atoms with E-state index in [1.165, 1.54) is 17.0 Å². The Balaban J connectivity index is 1.79. The Kier molecular flexibility index (Phi) is 11.4. The van der Waals surface area contributed by atoms with Crippen LogP contribution in [0.5, 0.6) is 0 Å². The molecule has 0 atom stereocenters. The monoisotopic (exact) mass is 541 g/mol. The van der Waals surface area contributed by atoms with Gasteiger partial charge in [0, 0.05) is 49.8 Å². The second-order valence-corrected chi connectivity index (χ2v) is 10.1. The molecule has 1 aromatic heterocycles. The highest BCUT2D eigenvalue weighted by atomic mass is 35.5. The molecule has 2 amide bonds. The number of ether oxygens (including phenoxy) is 1. The minimum absolute atomic E-state index is 0.0410. The topological polar surface area (TPSA) is 54.8 Å². The second-order valence-electron chi connectivity index (χ2n) is 9.64. The van der Waals surface area contributed by atoms with E-state index in [0.717, 1.165) is 11.3 Å². The van der Waals surface area contributed by atoms with Crippen molar-refractivity contribution in [1.82, 2.24) is 14.4 Å². The zero-order valence-electron chi connectivity index (χ0n) is 22.4. The van der Waals surface area contributed by atoms with Crippen LogP contribution in [-0.2, 0) is 22.6 Å². The summed E-state index contributed by atoms with van der Waals surface area (Å²) >= 11 is 6.38. The number of nitrogens with zero attached hydrogens (tertiary/aromatic N) is 3. The summed E-state index contributed by atoms with van der Waals surface area (Å²) in [5.74, 6) is -1.07. The molecule has 0 saturated heterocycles. The first-order valence-corrected chi connectivity index (χ1v) is 13.4. The van der Waals surface area contributed by atoms with Gasteiger partial charge in [-0.3, -0.25) is 9.59 Å². The van der Waals surface area contributed by atoms with Crippen molar-refractivity contribution in [3.05, 3.63) is 94.5 Å². The Hall–Kier alpha value is -3.16. The molecular formula is C30H37ClFN3O3. The van der Waals surface area contributed by atoms with Gasteiger partial charge in [0.2, 0.25) is 5.91 Å². The molecule has 0 aliphatic rings. The van der Waals surface area contributed by atoms with Crippen molar-refractivity contribution in [3.8, 4) is 0 Å². The van der Waals surface area contributed by atoms with E-state index in [4.69, 9.17) is 16.3 Å². The standard InChI is InChI=1S/C30H37ClFN3O3/c1-4-38-18-10-17-34(30(37)26-13-6-8-15-28(26)32)22-29(36)35(19-23(2)3)21-25-12-9-16-33(25)20-24-11-5-7-14-27(24)31/h5-9,11-16,23H,4,10,17-22H2,1-3H3. The van der Waals surface area contributed by atoms with Gasteiger partial charge in [0.05, 0.1) is 12.1 Å². The van der Waals surface area contributed by atoms with Gasteiger partial charge in [0.1, 0.15) is 12.4 Å². The third-order valence-corrected chi connectivity index (χ3v) is 6.52. The van der Waals surface area contributed by atoms with E-state index in [0.29, 0.717) is 44.3 Å². The molecular weight excluding hydrogens is 505 g/mol. The van der Waals surface area contributed by atoms with E-state index < -0.39 is 11.7 Å². The molecule has 0 aliphatic carbocycles. The molecule has 6 nitrogen and oxygen atoms in total. The Morgan fingerprint density at radius 3 is 2.47 bits per heavy atom. The first-order valence-electron chi connectivity index (χ1n) is 13.1. The summed E-state index contributed by atoms with van der Waals surface area (Å²) in [5, 5.41) is 0.691. The van der Waals surface area contributed by atoms with Gasteiger partial charge < -0.3 is 19.1 Å². The normalized spacial score (nSPS) is 11.1. The highest BCUT2D eigenvalue weighted by molar-refractivity contribution is 6.31. The van der Waals surface area contributed by atoms with Gasteiger partial charge >= 0.3 is 0 Å². The molecule has 8 heteroatoms. The highest BCUT2D eigenvalue weighted by Crippen LogP contribution is 2.19. The quantitative estimate of drug-likeness (QED) is 0.239. The van der Waals surface area contributed by atoms with Gasteiger partial charge in [-0.25, -0.2) is 4.39 Å². The molecule has 0 N–H and O–H groups in total. The Morgan fingerprint density at radius 1 is 1.03 bits per heavy atom. The van der Waals surface area contributed by atoms with E-state index in [2.05, 4.69) is 4.57 Å².